The minimum atomic E-state index is -0.409. The highest BCUT2D eigenvalue weighted by Crippen LogP contribution is 2.31. The lowest BCUT2D eigenvalue weighted by Crippen LogP contribution is -2.26. The molecule has 0 bridgehead atoms. The molecule has 1 saturated heterocycles. The highest BCUT2D eigenvalue weighted by molar-refractivity contribution is 5.95. The second-order valence-electron chi connectivity index (χ2n) is 8.01. The first-order valence-electron chi connectivity index (χ1n) is 10.5. The van der Waals surface area contributed by atoms with Crippen LogP contribution in [0.25, 0.3) is 0 Å². The van der Waals surface area contributed by atoms with Gasteiger partial charge in [-0.2, -0.15) is 0 Å². The van der Waals surface area contributed by atoms with E-state index in [4.69, 9.17) is 4.74 Å². The van der Waals surface area contributed by atoms with Crippen LogP contribution in [0.1, 0.15) is 42.6 Å². The number of hydrogen-bond donors (Lipinski definition) is 1. The standard InChI is InChI=1S/C23H29N3O4/c1-17(2)16-30-20-8-5-18(6-9-20)11-12-24-23(27)19-7-10-21(22(15-19)26(28)29)25-13-3-4-14-25/h5-10,15,17H,3-4,11-14,16H2,1-2H3,(H,24,27). The Labute approximate surface area is 177 Å². The first-order chi connectivity index (χ1) is 14.4. The summed E-state index contributed by atoms with van der Waals surface area (Å²) in [6, 6.07) is 12.6. The highest BCUT2D eigenvalue weighted by Gasteiger charge is 2.23. The van der Waals surface area contributed by atoms with Gasteiger partial charge in [0.15, 0.2) is 0 Å². The monoisotopic (exact) mass is 411 g/mol. The molecule has 1 N–H and O–H groups in total. The number of hydrogen-bond acceptors (Lipinski definition) is 5. The number of nitro groups is 1. The molecule has 1 fully saturated rings. The van der Waals surface area contributed by atoms with Gasteiger partial charge in [-0.05, 0) is 55.0 Å². The number of nitrogens with zero attached hydrogens (tertiary/aromatic N) is 2. The van der Waals surface area contributed by atoms with E-state index in [1.54, 1.807) is 12.1 Å². The minimum Gasteiger partial charge on any atom is -0.493 e. The van der Waals surface area contributed by atoms with Crippen LogP contribution in [-0.4, -0.2) is 37.1 Å². The zero-order chi connectivity index (χ0) is 21.5. The molecule has 2 aromatic carbocycles. The van der Waals surface area contributed by atoms with Crippen LogP contribution in [0.3, 0.4) is 0 Å². The molecule has 2 aromatic rings. The van der Waals surface area contributed by atoms with E-state index in [1.807, 2.05) is 29.2 Å². The number of carbonyl (C=O) groups excluding carboxylic acids is 1. The Morgan fingerprint density at radius 1 is 1.17 bits per heavy atom. The largest absolute Gasteiger partial charge is 0.493 e. The molecule has 7 nitrogen and oxygen atoms in total. The summed E-state index contributed by atoms with van der Waals surface area (Å²) < 4.78 is 5.67. The Hall–Kier alpha value is -3.09. The minimum absolute atomic E-state index is 0.0125. The van der Waals surface area contributed by atoms with E-state index < -0.39 is 4.92 Å². The van der Waals surface area contributed by atoms with E-state index in [-0.39, 0.29) is 11.6 Å². The molecule has 1 heterocycles. The molecule has 0 aliphatic carbocycles. The molecule has 0 aromatic heterocycles. The van der Waals surface area contributed by atoms with E-state index in [2.05, 4.69) is 19.2 Å². The number of anilines is 1. The van der Waals surface area contributed by atoms with Crippen molar-refractivity contribution in [1.82, 2.24) is 5.32 Å². The van der Waals surface area contributed by atoms with Crippen LogP contribution in [0.15, 0.2) is 42.5 Å². The summed E-state index contributed by atoms with van der Waals surface area (Å²) in [6.07, 6.45) is 2.73. The fourth-order valence-electron chi connectivity index (χ4n) is 3.47. The molecule has 0 unspecified atom stereocenters. The van der Waals surface area contributed by atoms with Crippen molar-refractivity contribution in [2.24, 2.45) is 5.92 Å². The van der Waals surface area contributed by atoms with Crippen LogP contribution in [0.2, 0.25) is 0 Å². The number of ether oxygens (including phenoxy) is 1. The lowest BCUT2D eigenvalue weighted by Gasteiger charge is -2.17. The number of rotatable bonds is 9. The molecular formula is C23H29N3O4. The van der Waals surface area contributed by atoms with E-state index in [1.165, 1.54) is 6.07 Å². The summed E-state index contributed by atoms with van der Waals surface area (Å²) in [5.41, 5.74) is 1.97. The molecule has 1 aliphatic rings. The average Bonchev–Trinajstić information content (AvgIpc) is 3.27. The van der Waals surface area contributed by atoms with Gasteiger partial charge in [-0.15, -0.1) is 0 Å². The van der Waals surface area contributed by atoms with Gasteiger partial charge in [0, 0.05) is 31.3 Å². The SMILES string of the molecule is CC(C)COc1ccc(CCNC(=O)c2ccc(N3CCCC3)c([N+](=O)[O-])c2)cc1. The molecule has 0 atom stereocenters. The fraction of sp³-hybridized carbons (Fsp3) is 0.435. The van der Waals surface area contributed by atoms with Crippen LogP contribution >= 0.6 is 0 Å². The van der Waals surface area contributed by atoms with Crippen LogP contribution in [0, 0.1) is 16.0 Å². The van der Waals surface area contributed by atoms with Crippen LogP contribution in [0.5, 0.6) is 5.75 Å². The molecule has 7 heteroatoms. The molecule has 160 valence electrons. The van der Waals surface area contributed by atoms with Gasteiger partial charge >= 0.3 is 0 Å². The summed E-state index contributed by atoms with van der Waals surface area (Å²) in [6.45, 7) is 6.96. The second kappa shape index (κ2) is 10.1. The van der Waals surface area contributed by atoms with Crippen molar-refractivity contribution in [3.05, 3.63) is 63.7 Å². The molecular weight excluding hydrogens is 382 g/mol. The first-order valence-corrected chi connectivity index (χ1v) is 10.5. The highest BCUT2D eigenvalue weighted by atomic mass is 16.6. The van der Waals surface area contributed by atoms with Crippen molar-refractivity contribution in [3.8, 4) is 5.75 Å². The average molecular weight is 412 g/mol. The van der Waals surface area contributed by atoms with Crippen LogP contribution in [-0.2, 0) is 6.42 Å². The van der Waals surface area contributed by atoms with Crippen molar-refractivity contribution in [1.29, 1.82) is 0 Å². The predicted molar refractivity (Wildman–Crippen MR) is 117 cm³/mol. The van der Waals surface area contributed by atoms with Gasteiger partial charge in [0.05, 0.1) is 11.5 Å². The van der Waals surface area contributed by atoms with Crippen LogP contribution < -0.4 is 15.0 Å². The van der Waals surface area contributed by atoms with Gasteiger partial charge in [0.25, 0.3) is 11.6 Å². The third-order valence-electron chi connectivity index (χ3n) is 5.09. The van der Waals surface area contributed by atoms with Crippen molar-refractivity contribution in [2.45, 2.75) is 33.1 Å². The number of carbonyl (C=O) groups is 1. The van der Waals surface area contributed by atoms with Crippen molar-refractivity contribution in [2.75, 3.05) is 31.1 Å². The predicted octanol–water partition coefficient (Wildman–Crippen LogP) is 4.20. The maximum atomic E-state index is 12.5. The van der Waals surface area contributed by atoms with Gasteiger partial charge in [-0.3, -0.25) is 14.9 Å². The van der Waals surface area contributed by atoms with Gasteiger partial charge in [0.1, 0.15) is 11.4 Å². The Kier molecular flexibility index (Phi) is 7.27. The summed E-state index contributed by atoms with van der Waals surface area (Å²) in [4.78, 5) is 25.6. The van der Waals surface area contributed by atoms with Gasteiger partial charge < -0.3 is 15.0 Å². The first kappa shape index (κ1) is 21.6. The molecule has 0 radical (unpaired) electrons. The van der Waals surface area contributed by atoms with Crippen molar-refractivity contribution in [3.63, 3.8) is 0 Å². The summed E-state index contributed by atoms with van der Waals surface area (Å²) in [5, 5.41) is 14.4. The number of amides is 1. The molecule has 0 saturated carbocycles. The lowest BCUT2D eigenvalue weighted by molar-refractivity contribution is -0.384. The maximum absolute atomic E-state index is 12.5. The normalized spacial score (nSPS) is 13.5. The smallest absolute Gasteiger partial charge is 0.293 e. The molecule has 1 amide bonds. The molecule has 1 aliphatic heterocycles. The third kappa shape index (κ3) is 5.72. The van der Waals surface area contributed by atoms with Gasteiger partial charge in [-0.1, -0.05) is 26.0 Å². The lowest BCUT2D eigenvalue weighted by atomic mass is 10.1. The molecule has 0 spiro atoms. The fourth-order valence-corrected chi connectivity index (χ4v) is 3.47. The third-order valence-corrected chi connectivity index (χ3v) is 5.09. The summed E-state index contributed by atoms with van der Waals surface area (Å²) in [5.74, 6) is 1.00. The Morgan fingerprint density at radius 3 is 2.50 bits per heavy atom. The van der Waals surface area contributed by atoms with Gasteiger partial charge in [-0.25, -0.2) is 0 Å². The van der Waals surface area contributed by atoms with E-state index in [0.29, 0.717) is 36.7 Å². The maximum Gasteiger partial charge on any atom is 0.293 e. The van der Waals surface area contributed by atoms with E-state index in [9.17, 15) is 14.9 Å². The summed E-state index contributed by atoms with van der Waals surface area (Å²) in [7, 11) is 0. The quantitative estimate of drug-likeness (QED) is 0.494. The van der Waals surface area contributed by atoms with Crippen LogP contribution in [0.4, 0.5) is 11.4 Å². The van der Waals surface area contributed by atoms with E-state index in [0.717, 1.165) is 37.2 Å². The number of benzene rings is 2. The molecule has 30 heavy (non-hydrogen) atoms. The molecule has 3 rings (SSSR count). The summed E-state index contributed by atoms with van der Waals surface area (Å²) >= 11 is 0. The van der Waals surface area contributed by atoms with Crippen molar-refractivity contribution < 1.29 is 14.5 Å². The van der Waals surface area contributed by atoms with Gasteiger partial charge in [0.2, 0.25) is 0 Å². The topological polar surface area (TPSA) is 84.7 Å². The number of nitro benzene ring substituents is 1. The number of nitrogens with one attached hydrogen (secondary N) is 1. The Balaban J connectivity index is 1.55. The Bertz CT molecular complexity index is 875. The van der Waals surface area contributed by atoms with Crippen molar-refractivity contribution >= 4 is 17.3 Å². The zero-order valence-electron chi connectivity index (χ0n) is 17.6. The zero-order valence-corrected chi connectivity index (χ0v) is 17.6. The second-order valence-corrected chi connectivity index (χ2v) is 8.01. The Morgan fingerprint density at radius 2 is 1.87 bits per heavy atom. The van der Waals surface area contributed by atoms with E-state index >= 15 is 0 Å².